The van der Waals surface area contributed by atoms with Gasteiger partial charge in [0.1, 0.15) is 5.69 Å². The average molecular weight is 491 g/mol. The average Bonchev–Trinajstić information content (AvgIpc) is 2.77. The molecule has 0 radical (unpaired) electrons. The van der Waals surface area contributed by atoms with Gasteiger partial charge in [-0.25, -0.2) is 13.2 Å². The molecular weight excluding hydrogens is 464 g/mol. The molecule has 34 heavy (non-hydrogen) atoms. The molecule has 1 fully saturated rings. The topological polar surface area (TPSA) is 162 Å². The first-order valence-corrected chi connectivity index (χ1v) is 12.0. The maximum atomic E-state index is 12.9. The molecule has 0 saturated carbocycles. The maximum Gasteiger partial charge on any atom is 0.338 e. The molecule has 1 aliphatic rings. The number of nitrogens with zero attached hydrogens (tertiary/aromatic N) is 2. The van der Waals surface area contributed by atoms with Gasteiger partial charge in [-0.2, -0.15) is 4.31 Å². The Bertz CT molecular complexity index is 1190. The Hall–Kier alpha value is -3.51. The van der Waals surface area contributed by atoms with E-state index in [1.807, 2.05) is 13.8 Å². The molecule has 3 N–H and O–H groups in total. The van der Waals surface area contributed by atoms with Gasteiger partial charge in [0.25, 0.3) is 11.6 Å². The normalized spacial score (nSPS) is 18.8. The minimum Gasteiger partial charge on any atom is -0.452 e. The van der Waals surface area contributed by atoms with Crippen LogP contribution < -0.4 is 11.1 Å². The summed E-state index contributed by atoms with van der Waals surface area (Å²) in [6.45, 7) is 4.35. The molecule has 2 unspecified atom stereocenters. The van der Waals surface area contributed by atoms with E-state index in [1.54, 1.807) is 0 Å². The largest absolute Gasteiger partial charge is 0.452 e. The van der Waals surface area contributed by atoms with Crippen LogP contribution in [0.1, 0.15) is 30.6 Å². The SMILES string of the molecule is CC1CC(C)CN(S(=O)(=O)c2ccc(NC(=O)COC(=O)c3ccc(N)c([N+](=O)[O-])c3)cc2)C1. The highest BCUT2D eigenvalue weighted by atomic mass is 32.2. The van der Waals surface area contributed by atoms with Crippen LogP contribution in [0.25, 0.3) is 0 Å². The summed E-state index contributed by atoms with van der Waals surface area (Å²) >= 11 is 0. The van der Waals surface area contributed by atoms with Crippen LogP contribution in [0, 0.1) is 22.0 Å². The number of ether oxygens (including phenoxy) is 1. The predicted molar refractivity (Wildman–Crippen MR) is 125 cm³/mol. The Balaban J connectivity index is 1.58. The zero-order chi connectivity index (χ0) is 25.0. The van der Waals surface area contributed by atoms with Crippen molar-refractivity contribution in [3.8, 4) is 0 Å². The number of hydrogen-bond acceptors (Lipinski definition) is 8. The van der Waals surface area contributed by atoms with Crippen LogP contribution in [0.2, 0.25) is 0 Å². The summed E-state index contributed by atoms with van der Waals surface area (Å²) in [4.78, 5) is 34.6. The lowest BCUT2D eigenvalue weighted by molar-refractivity contribution is -0.383. The number of benzene rings is 2. The molecule has 2 aromatic carbocycles. The monoisotopic (exact) mass is 490 g/mol. The van der Waals surface area contributed by atoms with Gasteiger partial charge in [-0.15, -0.1) is 0 Å². The van der Waals surface area contributed by atoms with Crippen molar-refractivity contribution in [1.82, 2.24) is 4.31 Å². The number of anilines is 2. The maximum absolute atomic E-state index is 12.9. The number of rotatable bonds is 7. The summed E-state index contributed by atoms with van der Waals surface area (Å²) < 4.78 is 32.3. The summed E-state index contributed by atoms with van der Waals surface area (Å²) in [5.41, 5.74) is 5.15. The molecule has 0 aliphatic carbocycles. The van der Waals surface area contributed by atoms with Crippen LogP contribution in [0.3, 0.4) is 0 Å². The Kier molecular flexibility index (Phi) is 7.52. The Labute approximate surface area is 197 Å². The lowest BCUT2D eigenvalue weighted by Gasteiger charge is -2.34. The summed E-state index contributed by atoms with van der Waals surface area (Å²) in [6, 6.07) is 9.15. The number of nitrogens with one attached hydrogen (secondary N) is 1. The van der Waals surface area contributed by atoms with Gasteiger partial charge in [0.05, 0.1) is 15.4 Å². The number of carbonyl (C=O) groups excluding carboxylic acids is 2. The number of nitro groups is 1. The molecular formula is C22H26N4O7S. The summed E-state index contributed by atoms with van der Waals surface area (Å²) in [7, 11) is -3.64. The smallest absolute Gasteiger partial charge is 0.338 e. The van der Waals surface area contributed by atoms with Crippen molar-refractivity contribution in [2.75, 3.05) is 30.7 Å². The molecule has 2 aromatic rings. The number of nitro benzene ring substituents is 1. The van der Waals surface area contributed by atoms with Crippen molar-refractivity contribution in [3.05, 3.63) is 58.1 Å². The van der Waals surface area contributed by atoms with E-state index in [0.717, 1.165) is 12.5 Å². The van der Waals surface area contributed by atoms with E-state index in [0.29, 0.717) is 18.8 Å². The highest BCUT2D eigenvalue weighted by Gasteiger charge is 2.31. The van der Waals surface area contributed by atoms with E-state index in [-0.39, 0.29) is 28.0 Å². The fourth-order valence-electron chi connectivity index (χ4n) is 3.90. The highest BCUT2D eigenvalue weighted by Crippen LogP contribution is 2.27. The predicted octanol–water partition coefficient (Wildman–Crippen LogP) is 2.64. The van der Waals surface area contributed by atoms with Crippen LogP contribution in [0.15, 0.2) is 47.4 Å². The van der Waals surface area contributed by atoms with Crippen LogP contribution >= 0.6 is 0 Å². The van der Waals surface area contributed by atoms with Gasteiger partial charge in [0.2, 0.25) is 10.0 Å². The lowest BCUT2D eigenvalue weighted by Crippen LogP contribution is -2.42. The standard InChI is InChI=1S/C22H26N4O7S/c1-14-9-15(2)12-25(11-14)34(31,32)18-6-4-17(5-7-18)24-21(27)13-33-22(28)16-3-8-19(23)20(10-16)26(29)30/h3-8,10,14-15H,9,11-13,23H2,1-2H3,(H,24,27). The first-order chi connectivity index (χ1) is 16.0. The molecule has 11 nitrogen and oxygen atoms in total. The molecule has 1 saturated heterocycles. The molecule has 1 aliphatic heterocycles. The first kappa shape index (κ1) is 25.1. The second-order valence-electron chi connectivity index (χ2n) is 8.45. The van der Waals surface area contributed by atoms with E-state index in [9.17, 15) is 28.1 Å². The third-order valence-corrected chi connectivity index (χ3v) is 7.25. The number of nitrogens with two attached hydrogens (primary N) is 1. The number of nitrogen functional groups attached to an aromatic ring is 1. The van der Waals surface area contributed by atoms with Crippen molar-refractivity contribution in [2.24, 2.45) is 11.8 Å². The fraction of sp³-hybridized carbons (Fsp3) is 0.364. The number of carbonyl (C=O) groups is 2. The van der Waals surface area contributed by atoms with E-state index in [2.05, 4.69) is 5.32 Å². The Morgan fingerprint density at radius 3 is 2.35 bits per heavy atom. The lowest BCUT2D eigenvalue weighted by atomic mass is 9.94. The van der Waals surface area contributed by atoms with Gasteiger partial charge in [0.15, 0.2) is 6.61 Å². The second kappa shape index (κ2) is 10.2. The summed E-state index contributed by atoms with van der Waals surface area (Å²) in [6.07, 6.45) is 0.983. The van der Waals surface area contributed by atoms with Crippen molar-refractivity contribution in [2.45, 2.75) is 25.2 Å². The minimum absolute atomic E-state index is 0.103. The zero-order valence-electron chi connectivity index (χ0n) is 18.8. The van der Waals surface area contributed by atoms with Crippen molar-refractivity contribution >= 4 is 39.0 Å². The molecule has 1 amide bonds. The molecule has 2 atom stereocenters. The fourth-order valence-corrected chi connectivity index (χ4v) is 5.58. The second-order valence-corrected chi connectivity index (χ2v) is 10.4. The van der Waals surface area contributed by atoms with E-state index >= 15 is 0 Å². The van der Waals surface area contributed by atoms with Crippen molar-refractivity contribution in [1.29, 1.82) is 0 Å². The van der Waals surface area contributed by atoms with Gasteiger partial charge in [-0.1, -0.05) is 13.8 Å². The van der Waals surface area contributed by atoms with Crippen LogP contribution in [-0.4, -0.2) is 49.2 Å². The molecule has 12 heteroatoms. The number of amides is 1. The molecule has 0 bridgehead atoms. The van der Waals surface area contributed by atoms with Gasteiger partial charge in [0, 0.05) is 24.8 Å². The Morgan fingerprint density at radius 2 is 1.76 bits per heavy atom. The zero-order valence-corrected chi connectivity index (χ0v) is 19.6. The number of piperidine rings is 1. The molecule has 182 valence electrons. The van der Waals surface area contributed by atoms with Crippen molar-refractivity contribution < 1.29 is 27.7 Å². The van der Waals surface area contributed by atoms with Gasteiger partial charge in [-0.3, -0.25) is 14.9 Å². The van der Waals surface area contributed by atoms with Gasteiger partial charge >= 0.3 is 5.97 Å². The van der Waals surface area contributed by atoms with Gasteiger partial charge < -0.3 is 15.8 Å². The van der Waals surface area contributed by atoms with Crippen molar-refractivity contribution in [3.63, 3.8) is 0 Å². The third-order valence-electron chi connectivity index (χ3n) is 5.41. The van der Waals surface area contributed by atoms with Gasteiger partial charge in [-0.05, 0) is 54.7 Å². The molecule has 0 spiro atoms. The summed E-state index contributed by atoms with van der Waals surface area (Å²) in [5.74, 6) is -1.03. The number of esters is 1. The van der Waals surface area contributed by atoms with Crippen LogP contribution in [0.4, 0.5) is 17.1 Å². The quantitative estimate of drug-likeness (QED) is 0.259. The first-order valence-electron chi connectivity index (χ1n) is 10.6. The molecule has 1 heterocycles. The Morgan fingerprint density at radius 1 is 1.15 bits per heavy atom. The van der Waals surface area contributed by atoms with Crippen LogP contribution in [0.5, 0.6) is 0 Å². The third kappa shape index (κ3) is 5.88. The highest BCUT2D eigenvalue weighted by molar-refractivity contribution is 7.89. The number of hydrogen-bond donors (Lipinski definition) is 2. The van der Waals surface area contributed by atoms with E-state index in [4.69, 9.17) is 10.5 Å². The number of sulfonamides is 1. The molecule has 3 rings (SSSR count). The minimum atomic E-state index is -3.64. The summed E-state index contributed by atoms with van der Waals surface area (Å²) in [5, 5.41) is 13.4. The van der Waals surface area contributed by atoms with E-state index in [1.165, 1.54) is 40.7 Å². The molecule has 0 aromatic heterocycles. The van der Waals surface area contributed by atoms with Crippen LogP contribution in [-0.2, 0) is 19.6 Å². The van der Waals surface area contributed by atoms with E-state index < -0.39 is 39.1 Å².